The standard InChI is InChI=1S/C14H22N2O4S/c1-4-15-6-5-7-16-21(19,20)13-9-12(14(17)18)8-10(2)11(13)3/h8-9,15-16H,4-7H2,1-3H3,(H,17,18). The van der Waals surface area contributed by atoms with Gasteiger partial charge in [-0.25, -0.2) is 17.9 Å². The first-order chi connectivity index (χ1) is 9.79. The van der Waals surface area contributed by atoms with Gasteiger partial charge in [0.05, 0.1) is 10.5 Å². The first-order valence-corrected chi connectivity index (χ1v) is 8.32. The van der Waals surface area contributed by atoms with Crippen molar-refractivity contribution in [1.82, 2.24) is 10.0 Å². The smallest absolute Gasteiger partial charge is 0.335 e. The monoisotopic (exact) mass is 314 g/mol. The maximum Gasteiger partial charge on any atom is 0.335 e. The zero-order valence-corrected chi connectivity index (χ0v) is 13.4. The predicted octanol–water partition coefficient (Wildman–Crippen LogP) is 1.28. The van der Waals surface area contributed by atoms with Crippen molar-refractivity contribution in [2.45, 2.75) is 32.1 Å². The molecule has 0 bridgehead atoms. The van der Waals surface area contributed by atoms with E-state index in [1.807, 2.05) is 6.92 Å². The van der Waals surface area contributed by atoms with Gasteiger partial charge in [-0.2, -0.15) is 0 Å². The van der Waals surface area contributed by atoms with Crippen LogP contribution in [-0.4, -0.2) is 39.1 Å². The molecule has 0 atom stereocenters. The molecule has 0 spiro atoms. The fraction of sp³-hybridized carbons (Fsp3) is 0.500. The molecule has 0 unspecified atom stereocenters. The third kappa shape index (κ3) is 4.80. The largest absolute Gasteiger partial charge is 0.478 e. The fourth-order valence-electron chi connectivity index (χ4n) is 1.90. The molecule has 1 rings (SSSR count). The third-order valence-corrected chi connectivity index (χ3v) is 4.82. The van der Waals surface area contributed by atoms with Crippen LogP contribution in [0.1, 0.15) is 34.8 Å². The molecule has 0 amide bonds. The minimum absolute atomic E-state index is 0.0221. The minimum Gasteiger partial charge on any atom is -0.478 e. The Morgan fingerprint density at radius 2 is 1.90 bits per heavy atom. The van der Waals surface area contributed by atoms with Gasteiger partial charge in [0.25, 0.3) is 0 Å². The second-order valence-electron chi connectivity index (χ2n) is 4.83. The van der Waals surface area contributed by atoms with E-state index in [2.05, 4.69) is 10.0 Å². The second-order valence-corrected chi connectivity index (χ2v) is 6.56. The summed E-state index contributed by atoms with van der Waals surface area (Å²) in [5.41, 5.74) is 1.19. The summed E-state index contributed by atoms with van der Waals surface area (Å²) in [7, 11) is -3.70. The number of aromatic carboxylic acids is 1. The lowest BCUT2D eigenvalue weighted by molar-refractivity contribution is 0.0696. The topological polar surface area (TPSA) is 95.5 Å². The zero-order valence-electron chi connectivity index (χ0n) is 12.6. The van der Waals surface area contributed by atoms with E-state index in [1.54, 1.807) is 13.8 Å². The molecule has 0 heterocycles. The maximum absolute atomic E-state index is 12.3. The van der Waals surface area contributed by atoms with Crippen LogP contribution in [0.5, 0.6) is 0 Å². The molecule has 0 saturated carbocycles. The number of hydrogen-bond donors (Lipinski definition) is 3. The van der Waals surface area contributed by atoms with E-state index in [-0.39, 0.29) is 10.5 Å². The third-order valence-electron chi connectivity index (χ3n) is 3.23. The molecule has 7 heteroatoms. The number of carbonyl (C=O) groups is 1. The fourth-order valence-corrected chi connectivity index (χ4v) is 3.32. The van der Waals surface area contributed by atoms with E-state index in [0.29, 0.717) is 24.1 Å². The van der Waals surface area contributed by atoms with Gasteiger partial charge in [0, 0.05) is 6.54 Å². The summed E-state index contributed by atoms with van der Waals surface area (Å²) in [4.78, 5) is 11.1. The predicted molar refractivity (Wildman–Crippen MR) is 81.2 cm³/mol. The van der Waals surface area contributed by atoms with Crippen molar-refractivity contribution in [3.8, 4) is 0 Å². The van der Waals surface area contributed by atoms with Crippen molar-refractivity contribution >= 4 is 16.0 Å². The molecular weight excluding hydrogens is 292 g/mol. The van der Waals surface area contributed by atoms with Crippen LogP contribution in [0.4, 0.5) is 0 Å². The molecule has 1 aromatic carbocycles. The Bertz CT molecular complexity index is 612. The molecule has 0 aliphatic carbocycles. The molecule has 21 heavy (non-hydrogen) atoms. The summed E-state index contributed by atoms with van der Waals surface area (Å²) in [6.45, 7) is 7.23. The molecular formula is C14H22N2O4S. The highest BCUT2D eigenvalue weighted by atomic mass is 32.2. The van der Waals surface area contributed by atoms with Crippen LogP contribution in [0.3, 0.4) is 0 Å². The molecule has 0 radical (unpaired) electrons. The van der Waals surface area contributed by atoms with E-state index in [0.717, 1.165) is 13.1 Å². The van der Waals surface area contributed by atoms with E-state index in [9.17, 15) is 13.2 Å². The number of carboxylic acids is 1. The normalized spacial score (nSPS) is 11.6. The van der Waals surface area contributed by atoms with Crippen molar-refractivity contribution in [3.63, 3.8) is 0 Å². The number of aryl methyl sites for hydroxylation is 1. The Hall–Kier alpha value is -1.44. The van der Waals surface area contributed by atoms with Crippen LogP contribution in [-0.2, 0) is 10.0 Å². The average Bonchev–Trinajstić information content (AvgIpc) is 2.40. The van der Waals surface area contributed by atoms with Crippen molar-refractivity contribution < 1.29 is 18.3 Å². The summed E-state index contributed by atoms with van der Waals surface area (Å²) >= 11 is 0. The van der Waals surface area contributed by atoms with Gasteiger partial charge < -0.3 is 10.4 Å². The molecule has 0 aromatic heterocycles. The van der Waals surface area contributed by atoms with Crippen LogP contribution in [0.25, 0.3) is 0 Å². The molecule has 1 aromatic rings. The number of carboxylic acid groups (broad SMARTS) is 1. The van der Waals surface area contributed by atoms with Crippen molar-refractivity contribution in [1.29, 1.82) is 0 Å². The number of rotatable bonds is 8. The Labute approximate surface area is 125 Å². The van der Waals surface area contributed by atoms with Gasteiger partial charge in [-0.15, -0.1) is 0 Å². The average molecular weight is 314 g/mol. The van der Waals surface area contributed by atoms with Crippen LogP contribution in [0.15, 0.2) is 17.0 Å². The lowest BCUT2D eigenvalue weighted by atomic mass is 10.1. The Morgan fingerprint density at radius 3 is 2.48 bits per heavy atom. The van der Waals surface area contributed by atoms with Gasteiger partial charge in [0.2, 0.25) is 10.0 Å². The highest BCUT2D eigenvalue weighted by Crippen LogP contribution is 2.21. The summed E-state index contributed by atoms with van der Waals surface area (Å²) < 4.78 is 27.1. The van der Waals surface area contributed by atoms with E-state index < -0.39 is 16.0 Å². The van der Waals surface area contributed by atoms with Gasteiger partial charge >= 0.3 is 5.97 Å². The lowest BCUT2D eigenvalue weighted by Crippen LogP contribution is -2.28. The minimum atomic E-state index is -3.70. The van der Waals surface area contributed by atoms with Crippen LogP contribution in [0, 0.1) is 13.8 Å². The van der Waals surface area contributed by atoms with Gasteiger partial charge in [0.15, 0.2) is 0 Å². The Kier molecular flexibility index (Phi) is 6.32. The van der Waals surface area contributed by atoms with Crippen molar-refractivity contribution in [2.24, 2.45) is 0 Å². The molecule has 0 aliphatic rings. The van der Waals surface area contributed by atoms with Gasteiger partial charge in [-0.05, 0) is 56.6 Å². The number of sulfonamides is 1. The number of nitrogens with one attached hydrogen (secondary N) is 2. The first-order valence-electron chi connectivity index (χ1n) is 6.84. The number of benzene rings is 1. The lowest BCUT2D eigenvalue weighted by Gasteiger charge is -2.12. The molecule has 0 aliphatic heterocycles. The molecule has 3 N–H and O–H groups in total. The summed E-state index contributed by atoms with van der Waals surface area (Å²) in [5, 5.41) is 12.1. The Balaban J connectivity index is 2.94. The van der Waals surface area contributed by atoms with Crippen LogP contribution >= 0.6 is 0 Å². The molecule has 6 nitrogen and oxygen atoms in total. The van der Waals surface area contributed by atoms with Crippen LogP contribution in [0.2, 0.25) is 0 Å². The van der Waals surface area contributed by atoms with E-state index >= 15 is 0 Å². The SMILES string of the molecule is CCNCCCNS(=O)(=O)c1cc(C(=O)O)cc(C)c1C. The van der Waals surface area contributed by atoms with Crippen molar-refractivity contribution in [3.05, 3.63) is 28.8 Å². The quantitative estimate of drug-likeness (QED) is 0.628. The van der Waals surface area contributed by atoms with E-state index in [1.165, 1.54) is 12.1 Å². The Morgan fingerprint density at radius 1 is 1.24 bits per heavy atom. The summed E-state index contributed by atoms with van der Waals surface area (Å²) in [5.74, 6) is -1.14. The van der Waals surface area contributed by atoms with Gasteiger partial charge in [0.1, 0.15) is 0 Å². The first kappa shape index (κ1) is 17.6. The molecule has 118 valence electrons. The molecule has 0 saturated heterocycles. The number of hydrogen-bond acceptors (Lipinski definition) is 4. The van der Waals surface area contributed by atoms with Crippen molar-refractivity contribution in [2.75, 3.05) is 19.6 Å². The summed E-state index contributed by atoms with van der Waals surface area (Å²) in [6, 6.07) is 2.68. The van der Waals surface area contributed by atoms with Gasteiger partial charge in [-0.1, -0.05) is 6.92 Å². The zero-order chi connectivity index (χ0) is 16.0. The van der Waals surface area contributed by atoms with Crippen LogP contribution < -0.4 is 10.0 Å². The van der Waals surface area contributed by atoms with Gasteiger partial charge in [-0.3, -0.25) is 0 Å². The highest BCUT2D eigenvalue weighted by Gasteiger charge is 2.20. The second kappa shape index (κ2) is 7.53. The molecule has 0 fully saturated rings. The highest BCUT2D eigenvalue weighted by molar-refractivity contribution is 7.89. The summed E-state index contributed by atoms with van der Waals surface area (Å²) in [6.07, 6.45) is 0.670. The van der Waals surface area contributed by atoms with E-state index in [4.69, 9.17) is 5.11 Å². The maximum atomic E-state index is 12.3.